The van der Waals surface area contributed by atoms with Crippen molar-refractivity contribution in [2.24, 2.45) is 0 Å². The predicted molar refractivity (Wildman–Crippen MR) is 135 cm³/mol. The largest absolute Gasteiger partial charge is 0.430 e. The number of hydrogen-bond acceptors (Lipinski definition) is 4. The summed E-state index contributed by atoms with van der Waals surface area (Å²) in [6, 6.07) is 15.5. The molecule has 0 radical (unpaired) electrons. The van der Waals surface area contributed by atoms with Gasteiger partial charge in [-0.05, 0) is 48.4 Å². The van der Waals surface area contributed by atoms with Crippen molar-refractivity contribution in [3.63, 3.8) is 0 Å². The molecule has 0 fully saturated rings. The number of halogens is 6. The molecule has 0 heterocycles. The van der Waals surface area contributed by atoms with E-state index in [1.165, 1.54) is 12.1 Å². The maximum absolute atomic E-state index is 13.6. The Kier molecular flexibility index (Phi) is 7.89. The second-order valence-electron chi connectivity index (χ2n) is 9.51. The molecule has 3 N–H and O–H groups in total. The summed E-state index contributed by atoms with van der Waals surface area (Å²) >= 11 is 0. The van der Waals surface area contributed by atoms with Crippen LogP contribution in [0.1, 0.15) is 58.2 Å². The summed E-state index contributed by atoms with van der Waals surface area (Å²) in [7, 11) is 1.79. The molecule has 0 atom stereocenters. The molecule has 3 aromatic carbocycles. The van der Waals surface area contributed by atoms with Gasteiger partial charge in [-0.15, -0.1) is 0 Å². The highest BCUT2D eigenvalue weighted by molar-refractivity contribution is 6.07. The zero-order chi connectivity index (χ0) is 29.4. The molecular formula is C28H26F6N2O3. The van der Waals surface area contributed by atoms with Crippen LogP contribution in [0.2, 0.25) is 0 Å². The molecule has 11 heteroatoms. The van der Waals surface area contributed by atoms with E-state index in [0.717, 1.165) is 23.7 Å². The van der Waals surface area contributed by atoms with Crippen LogP contribution in [0.5, 0.6) is 0 Å². The van der Waals surface area contributed by atoms with Crippen LogP contribution in [0.3, 0.4) is 0 Å². The minimum atomic E-state index is -6.21. The lowest BCUT2D eigenvalue weighted by Gasteiger charge is -2.34. The zero-order valence-electron chi connectivity index (χ0n) is 21.4. The first-order valence-corrected chi connectivity index (χ1v) is 11.6. The number of rotatable bonds is 7. The Hall–Kier alpha value is -3.86. The van der Waals surface area contributed by atoms with Crippen molar-refractivity contribution < 1.29 is 41.0 Å². The Bertz CT molecular complexity index is 1350. The minimum Gasteiger partial charge on any atom is -0.388 e. The summed E-state index contributed by atoms with van der Waals surface area (Å²) in [4.78, 5) is 24.8. The quantitative estimate of drug-likeness (QED) is 0.222. The average molecular weight is 553 g/mol. The van der Waals surface area contributed by atoms with E-state index in [1.807, 2.05) is 38.1 Å². The molecular weight excluding hydrogens is 526 g/mol. The summed E-state index contributed by atoms with van der Waals surface area (Å²) in [5, 5.41) is 15.2. The third-order valence-electron chi connectivity index (χ3n) is 6.64. The number of anilines is 2. The molecule has 0 aliphatic rings. The minimum absolute atomic E-state index is 0.0758. The fraction of sp³-hybridized carbons (Fsp3) is 0.286. The van der Waals surface area contributed by atoms with Crippen LogP contribution >= 0.6 is 0 Å². The number of ketones is 1. The number of benzene rings is 3. The molecule has 208 valence electrons. The summed E-state index contributed by atoms with van der Waals surface area (Å²) in [6.07, 6.45) is -12.4. The van der Waals surface area contributed by atoms with Crippen LogP contribution in [0, 0.1) is 0 Å². The Morgan fingerprint density at radius 3 is 1.62 bits per heavy atom. The molecule has 0 aliphatic heterocycles. The molecule has 0 aliphatic carbocycles. The van der Waals surface area contributed by atoms with Gasteiger partial charge in [0.2, 0.25) is 0 Å². The first-order valence-electron chi connectivity index (χ1n) is 11.6. The van der Waals surface area contributed by atoms with E-state index in [-0.39, 0.29) is 17.3 Å². The monoisotopic (exact) mass is 552 g/mol. The second-order valence-corrected chi connectivity index (χ2v) is 9.51. The summed E-state index contributed by atoms with van der Waals surface area (Å²) in [6.45, 7) is 4.95. The Morgan fingerprint density at radius 2 is 1.21 bits per heavy atom. The summed E-state index contributed by atoms with van der Waals surface area (Å²) < 4.78 is 81.5. The molecule has 1 amide bonds. The van der Waals surface area contributed by atoms with Crippen molar-refractivity contribution >= 4 is 23.1 Å². The van der Waals surface area contributed by atoms with Gasteiger partial charge in [-0.1, -0.05) is 50.2 Å². The highest BCUT2D eigenvalue weighted by atomic mass is 19.4. The lowest BCUT2D eigenvalue weighted by Crippen LogP contribution is -2.54. The van der Waals surface area contributed by atoms with Gasteiger partial charge in [-0.3, -0.25) is 9.59 Å². The van der Waals surface area contributed by atoms with Crippen LogP contribution in [0.4, 0.5) is 37.7 Å². The number of aliphatic hydroxyl groups is 1. The second kappa shape index (κ2) is 10.4. The number of nitrogens with one attached hydrogen (secondary N) is 2. The number of Topliss-reactive ketones (excluding diaryl/α,β-unsaturated/α-hetero) is 1. The van der Waals surface area contributed by atoms with Gasteiger partial charge >= 0.3 is 12.4 Å². The van der Waals surface area contributed by atoms with Crippen LogP contribution in [0.15, 0.2) is 66.7 Å². The van der Waals surface area contributed by atoms with E-state index in [0.29, 0.717) is 12.1 Å². The van der Waals surface area contributed by atoms with Gasteiger partial charge in [-0.25, -0.2) is 0 Å². The smallest absolute Gasteiger partial charge is 0.388 e. The van der Waals surface area contributed by atoms with Crippen molar-refractivity contribution in [1.29, 1.82) is 0 Å². The molecule has 0 bridgehead atoms. The van der Waals surface area contributed by atoms with Crippen LogP contribution in [-0.2, 0) is 11.0 Å². The summed E-state index contributed by atoms with van der Waals surface area (Å²) in [5.41, 5.74) is -6.23. The topological polar surface area (TPSA) is 78.4 Å². The molecule has 0 spiro atoms. The molecule has 3 rings (SSSR count). The lowest BCUT2D eigenvalue weighted by atomic mass is 9.78. The van der Waals surface area contributed by atoms with Crippen molar-refractivity contribution in [3.05, 3.63) is 94.5 Å². The van der Waals surface area contributed by atoms with Crippen molar-refractivity contribution in [2.45, 2.75) is 44.1 Å². The maximum Gasteiger partial charge on any atom is 0.430 e. The van der Waals surface area contributed by atoms with E-state index in [2.05, 4.69) is 10.6 Å². The highest BCUT2D eigenvalue weighted by Crippen LogP contribution is 2.51. The van der Waals surface area contributed by atoms with Gasteiger partial charge in [0.15, 0.2) is 5.78 Å². The SMILES string of the molecule is CNc1ccc(C(C)(C)c2ccc(NC(=O)c3cc(C(C)=O)ccc3C(O)(C(F)(F)F)C(F)(F)F)cc2)cc1. The van der Waals surface area contributed by atoms with Crippen molar-refractivity contribution in [2.75, 3.05) is 17.7 Å². The van der Waals surface area contributed by atoms with Crippen molar-refractivity contribution in [3.8, 4) is 0 Å². The zero-order valence-corrected chi connectivity index (χ0v) is 21.4. The number of carbonyl (C=O) groups excluding carboxylic acids is 2. The van der Waals surface area contributed by atoms with Gasteiger partial charge in [0, 0.05) is 40.5 Å². The van der Waals surface area contributed by atoms with E-state index in [9.17, 15) is 41.0 Å². The number of carbonyl (C=O) groups is 2. The van der Waals surface area contributed by atoms with Gasteiger partial charge < -0.3 is 15.7 Å². The first kappa shape index (κ1) is 29.7. The van der Waals surface area contributed by atoms with Gasteiger partial charge in [-0.2, -0.15) is 26.3 Å². The predicted octanol–water partition coefficient (Wildman–Crippen LogP) is 6.82. The lowest BCUT2D eigenvalue weighted by molar-refractivity contribution is -0.376. The highest BCUT2D eigenvalue weighted by Gasteiger charge is 2.72. The van der Waals surface area contributed by atoms with E-state index >= 15 is 0 Å². The molecule has 3 aromatic rings. The van der Waals surface area contributed by atoms with Crippen molar-refractivity contribution in [1.82, 2.24) is 0 Å². The third kappa shape index (κ3) is 5.63. The van der Waals surface area contributed by atoms with Crippen LogP contribution in [-0.4, -0.2) is 36.2 Å². The molecule has 0 aromatic heterocycles. The molecule has 0 unspecified atom stereocenters. The van der Waals surface area contributed by atoms with Gasteiger partial charge in [0.05, 0.1) is 0 Å². The van der Waals surface area contributed by atoms with E-state index in [1.54, 1.807) is 19.2 Å². The first-order chi connectivity index (χ1) is 17.9. The average Bonchev–Trinajstić information content (AvgIpc) is 2.86. The van der Waals surface area contributed by atoms with Gasteiger partial charge in [0.25, 0.3) is 11.5 Å². The third-order valence-corrected chi connectivity index (χ3v) is 6.64. The number of hydrogen-bond donors (Lipinski definition) is 3. The van der Waals surface area contributed by atoms with E-state index < -0.39 is 46.2 Å². The van der Waals surface area contributed by atoms with Gasteiger partial charge in [0.1, 0.15) is 0 Å². The molecule has 5 nitrogen and oxygen atoms in total. The number of alkyl halides is 6. The Balaban J connectivity index is 2.00. The normalized spacial score (nSPS) is 12.7. The Morgan fingerprint density at radius 1 is 0.744 bits per heavy atom. The summed E-state index contributed by atoms with van der Waals surface area (Å²) in [5.74, 6) is -2.07. The fourth-order valence-corrected chi connectivity index (χ4v) is 4.12. The van der Waals surface area contributed by atoms with Crippen LogP contribution < -0.4 is 10.6 Å². The molecule has 0 saturated heterocycles. The maximum atomic E-state index is 13.6. The fourth-order valence-electron chi connectivity index (χ4n) is 4.12. The number of amides is 1. The Labute approximate surface area is 220 Å². The van der Waals surface area contributed by atoms with E-state index in [4.69, 9.17) is 0 Å². The molecule has 39 heavy (non-hydrogen) atoms. The molecule has 0 saturated carbocycles. The van der Waals surface area contributed by atoms with Crippen LogP contribution in [0.25, 0.3) is 0 Å². The standard InChI is InChI=1S/C28H26F6N2O3/c1-16(37)17-5-14-23(26(39,27(29,30)31)28(32,33)34)22(15-17)24(38)36-21-12-8-19(9-13-21)25(2,3)18-6-10-20(35-4)11-7-18/h5-15,35,39H,1-4H3,(H,36,38).